The lowest BCUT2D eigenvalue weighted by atomic mass is 10.1. The number of methoxy groups -OCH3 is 1. The fraction of sp³-hybridized carbons (Fsp3) is 0.278. The van der Waals surface area contributed by atoms with E-state index in [9.17, 15) is 4.79 Å². The molecule has 1 N–H and O–H groups in total. The largest absolute Gasteiger partial charge is 0.493 e. The number of carbonyl (C=O) groups excluding carboxylic acids is 1. The molecule has 1 amide bonds. The SMILES string of the molecule is CCCOc1ccc(CNC(=O)c2ccc(Cl)cc2)cc1OC. The summed E-state index contributed by atoms with van der Waals surface area (Å²) in [5, 5.41) is 3.48. The van der Waals surface area contributed by atoms with Crippen molar-refractivity contribution in [1.29, 1.82) is 0 Å². The van der Waals surface area contributed by atoms with Crippen LogP contribution >= 0.6 is 11.6 Å². The zero-order chi connectivity index (χ0) is 16.7. The summed E-state index contributed by atoms with van der Waals surface area (Å²) in [4.78, 5) is 12.1. The quantitative estimate of drug-likeness (QED) is 0.831. The Bertz CT molecular complexity index is 656. The molecule has 0 radical (unpaired) electrons. The number of hydrogen-bond acceptors (Lipinski definition) is 3. The van der Waals surface area contributed by atoms with Crippen LogP contribution in [0.25, 0.3) is 0 Å². The summed E-state index contributed by atoms with van der Waals surface area (Å²) in [6, 6.07) is 12.4. The maximum Gasteiger partial charge on any atom is 0.251 e. The standard InChI is InChI=1S/C18H20ClNO3/c1-3-10-23-16-9-4-13(11-17(16)22-2)12-20-18(21)14-5-7-15(19)8-6-14/h4-9,11H,3,10,12H2,1-2H3,(H,20,21). The Morgan fingerprint density at radius 2 is 1.87 bits per heavy atom. The highest BCUT2D eigenvalue weighted by Gasteiger charge is 2.08. The molecule has 2 rings (SSSR count). The molecular formula is C18H20ClNO3. The van der Waals surface area contributed by atoms with Gasteiger partial charge in [-0.3, -0.25) is 4.79 Å². The number of hydrogen-bond donors (Lipinski definition) is 1. The molecule has 0 heterocycles. The van der Waals surface area contributed by atoms with Crippen LogP contribution in [0.2, 0.25) is 5.02 Å². The number of amides is 1. The van der Waals surface area contributed by atoms with Gasteiger partial charge < -0.3 is 14.8 Å². The second kappa shape index (κ2) is 8.44. The Balaban J connectivity index is 1.99. The molecular weight excluding hydrogens is 314 g/mol. The molecule has 0 aliphatic rings. The highest BCUT2D eigenvalue weighted by molar-refractivity contribution is 6.30. The number of benzene rings is 2. The third kappa shape index (κ3) is 4.89. The minimum Gasteiger partial charge on any atom is -0.493 e. The summed E-state index contributed by atoms with van der Waals surface area (Å²) in [5.74, 6) is 1.23. The van der Waals surface area contributed by atoms with E-state index in [0.29, 0.717) is 35.2 Å². The number of carbonyl (C=O) groups is 1. The average molecular weight is 334 g/mol. The maximum absolute atomic E-state index is 12.1. The van der Waals surface area contributed by atoms with Crippen molar-refractivity contribution in [2.24, 2.45) is 0 Å². The summed E-state index contributed by atoms with van der Waals surface area (Å²) < 4.78 is 10.9. The van der Waals surface area contributed by atoms with Crippen LogP contribution in [0.1, 0.15) is 29.3 Å². The molecule has 0 atom stereocenters. The van der Waals surface area contributed by atoms with Crippen molar-refractivity contribution in [3.05, 3.63) is 58.6 Å². The van der Waals surface area contributed by atoms with E-state index in [4.69, 9.17) is 21.1 Å². The molecule has 0 saturated carbocycles. The van der Waals surface area contributed by atoms with Gasteiger partial charge in [0.25, 0.3) is 5.91 Å². The van der Waals surface area contributed by atoms with Crippen molar-refractivity contribution < 1.29 is 14.3 Å². The van der Waals surface area contributed by atoms with Gasteiger partial charge in [-0.2, -0.15) is 0 Å². The van der Waals surface area contributed by atoms with Crippen molar-refractivity contribution >= 4 is 17.5 Å². The fourth-order valence-corrected chi connectivity index (χ4v) is 2.16. The third-order valence-corrected chi connectivity index (χ3v) is 3.50. The monoisotopic (exact) mass is 333 g/mol. The van der Waals surface area contributed by atoms with E-state index >= 15 is 0 Å². The number of ether oxygens (including phenoxy) is 2. The van der Waals surface area contributed by atoms with Gasteiger partial charge in [0.05, 0.1) is 13.7 Å². The van der Waals surface area contributed by atoms with Gasteiger partial charge in [-0.25, -0.2) is 0 Å². The van der Waals surface area contributed by atoms with E-state index in [1.54, 1.807) is 31.4 Å². The van der Waals surface area contributed by atoms with Crippen molar-refractivity contribution in [3.63, 3.8) is 0 Å². The van der Waals surface area contributed by atoms with Crippen LogP contribution in [0, 0.1) is 0 Å². The van der Waals surface area contributed by atoms with Crippen molar-refractivity contribution in [1.82, 2.24) is 5.32 Å². The van der Waals surface area contributed by atoms with Gasteiger partial charge in [0, 0.05) is 17.1 Å². The molecule has 122 valence electrons. The first-order valence-corrected chi connectivity index (χ1v) is 7.85. The van der Waals surface area contributed by atoms with Crippen LogP contribution < -0.4 is 14.8 Å². The first-order chi connectivity index (χ1) is 11.1. The highest BCUT2D eigenvalue weighted by Crippen LogP contribution is 2.28. The molecule has 0 aliphatic heterocycles. The third-order valence-electron chi connectivity index (χ3n) is 3.25. The predicted octanol–water partition coefficient (Wildman–Crippen LogP) is 4.07. The smallest absolute Gasteiger partial charge is 0.251 e. The fourth-order valence-electron chi connectivity index (χ4n) is 2.04. The molecule has 0 bridgehead atoms. The minimum atomic E-state index is -0.146. The summed E-state index contributed by atoms with van der Waals surface area (Å²) in [7, 11) is 1.60. The Kier molecular flexibility index (Phi) is 6.29. The van der Waals surface area contributed by atoms with Gasteiger partial charge in [-0.15, -0.1) is 0 Å². The Labute approximate surface area is 141 Å². The van der Waals surface area contributed by atoms with E-state index in [2.05, 4.69) is 5.32 Å². The van der Waals surface area contributed by atoms with Crippen LogP contribution in [0.3, 0.4) is 0 Å². The average Bonchev–Trinajstić information content (AvgIpc) is 2.58. The molecule has 0 fully saturated rings. The lowest BCUT2D eigenvalue weighted by Gasteiger charge is -2.12. The van der Waals surface area contributed by atoms with Crippen molar-refractivity contribution in [2.75, 3.05) is 13.7 Å². The van der Waals surface area contributed by atoms with E-state index in [1.807, 2.05) is 25.1 Å². The lowest BCUT2D eigenvalue weighted by molar-refractivity contribution is 0.0951. The highest BCUT2D eigenvalue weighted by atomic mass is 35.5. The molecule has 4 nitrogen and oxygen atoms in total. The lowest BCUT2D eigenvalue weighted by Crippen LogP contribution is -2.22. The number of halogens is 1. The van der Waals surface area contributed by atoms with Gasteiger partial charge in [0.1, 0.15) is 0 Å². The summed E-state index contributed by atoms with van der Waals surface area (Å²) >= 11 is 5.82. The van der Waals surface area contributed by atoms with E-state index in [-0.39, 0.29) is 5.91 Å². The van der Waals surface area contributed by atoms with Crippen LogP contribution in [-0.4, -0.2) is 19.6 Å². The van der Waals surface area contributed by atoms with Crippen LogP contribution in [0.15, 0.2) is 42.5 Å². The molecule has 0 saturated heterocycles. The zero-order valence-corrected chi connectivity index (χ0v) is 14.0. The molecule has 0 spiro atoms. The van der Waals surface area contributed by atoms with E-state index in [1.165, 1.54) is 0 Å². The van der Waals surface area contributed by atoms with E-state index < -0.39 is 0 Å². The molecule has 0 aromatic heterocycles. The first-order valence-electron chi connectivity index (χ1n) is 7.47. The Hall–Kier alpha value is -2.20. The van der Waals surface area contributed by atoms with Crippen molar-refractivity contribution in [2.45, 2.75) is 19.9 Å². The topological polar surface area (TPSA) is 47.6 Å². The summed E-state index contributed by atoms with van der Waals surface area (Å²) in [5.41, 5.74) is 1.51. The van der Waals surface area contributed by atoms with Crippen LogP contribution in [0.4, 0.5) is 0 Å². The number of rotatable bonds is 7. The summed E-state index contributed by atoms with van der Waals surface area (Å²) in [6.07, 6.45) is 0.933. The van der Waals surface area contributed by atoms with Crippen molar-refractivity contribution in [3.8, 4) is 11.5 Å². The molecule has 0 unspecified atom stereocenters. The van der Waals surface area contributed by atoms with Crippen LogP contribution in [-0.2, 0) is 6.54 Å². The second-order valence-electron chi connectivity index (χ2n) is 5.02. The molecule has 2 aromatic carbocycles. The zero-order valence-electron chi connectivity index (χ0n) is 13.3. The van der Waals surface area contributed by atoms with Gasteiger partial charge in [0.2, 0.25) is 0 Å². The van der Waals surface area contributed by atoms with Gasteiger partial charge >= 0.3 is 0 Å². The van der Waals surface area contributed by atoms with Gasteiger partial charge in [-0.05, 0) is 48.4 Å². The number of nitrogens with one attached hydrogen (secondary N) is 1. The predicted molar refractivity (Wildman–Crippen MR) is 91.4 cm³/mol. The molecule has 23 heavy (non-hydrogen) atoms. The minimum absolute atomic E-state index is 0.146. The molecule has 0 aliphatic carbocycles. The normalized spacial score (nSPS) is 10.2. The molecule has 2 aromatic rings. The Morgan fingerprint density at radius 3 is 2.52 bits per heavy atom. The van der Waals surface area contributed by atoms with Gasteiger partial charge in [0.15, 0.2) is 11.5 Å². The Morgan fingerprint density at radius 1 is 1.13 bits per heavy atom. The first kappa shape index (κ1) is 17.2. The van der Waals surface area contributed by atoms with E-state index in [0.717, 1.165) is 12.0 Å². The molecule has 5 heteroatoms. The second-order valence-corrected chi connectivity index (χ2v) is 5.46. The maximum atomic E-state index is 12.1. The summed E-state index contributed by atoms with van der Waals surface area (Å²) in [6.45, 7) is 3.10. The van der Waals surface area contributed by atoms with Gasteiger partial charge in [-0.1, -0.05) is 24.6 Å². The van der Waals surface area contributed by atoms with Crippen LogP contribution in [0.5, 0.6) is 11.5 Å².